The summed E-state index contributed by atoms with van der Waals surface area (Å²) in [6, 6.07) is 9.10. The fourth-order valence-corrected chi connectivity index (χ4v) is 3.35. The smallest absolute Gasteiger partial charge is 0.142 e. The van der Waals surface area contributed by atoms with Crippen molar-refractivity contribution < 1.29 is 4.74 Å². The molecule has 8 heteroatoms. The molecule has 0 bridgehead atoms. The van der Waals surface area contributed by atoms with E-state index >= 15 is 0 Å². The summed E-state index contributed by atoms with van der Waals surface area (Å²) in [5, 5.41) is 1.03. The zero-order valence-electron chi connectivity index (χ0n) is 14.0. The lowest BCUT2D eigenvalue weighted by atomic mass is 10.2. The van der Waals surface area contributed by atoms with Crippen LogP contribution in [0.5, 0.6) is 5.75 Å². The number of halogens is 5. The molecule has 0 heterocycles. The van der Waals surface area contributed by atoms with Crippen LogP contribution in [-0.2, 0) is 0 Å². The second kappa shape index (κ2) is 10.5. The molecule has 0 aliphatic rings. The SMILES string of the molecule is COc1cc(C=Nc2cc(Cl)c(Cl)c(Cl)c2)ccc1N(CCCl)CCCl. The molecule has 0 N–H and O–H groups in total. The molecule has 0 saturated carbocycles. The highest BCUT2D eigenvalue weighted by atomic mass is 35.5. The molecule has 0 spiro atoms. The van der Waals surface area contributed by atoms with Gasteiger partial charge in [0.25, 0.3) is 0 Å². The van der Waals surface area contributed by atoms with Crippen LogP contribution in [0.15, 0.2) is 35.3 Å². The number of rotatable bonds is 8. The van der Waals surface area contributed by atoms with E-state index in [1.165, 1.54) is 0 Å². The second-order valence-electron chi connectivity index (χ2n) is 5.28. The first-order chi connectivity index (χ1) is 12.5. The fourth-order valence-electron chi connectivity index (χ4n) is 2.36. The molecular formula is C18H17Cl5N2O. The van der Waals surface area contributed by atoms with Crippen LogP contribution in [0.25, 0.3) is 0 Å². The minimum atomic E-state index is 0.317. The van der Waals surface area contributed by atoms with Gasteiger partial charge in [0.05, 0.1) is 33.6 Å². The van der Waals surface area contributed by atoms with Gasteiger partial charge in [0, 0.05) is 31.1 Å². The van der Waals surface area contributed by atoms with E-state index in [-0.39, 0.29) is 0 Å². The molecule has 0 fully saturated rings. The number of benzene rings is 2. The first kappa shape index (κ1) is 21.5. The standard InChI is InChI=1S/C18H17Cl5N2O/c1-26-17-8-12(2-3-16(17)25(6-4-19)7-5-20)11-24-13-9-14(21)18(23)15(22)10-13/h2-3,8-11H,4-7H2,1H3. The van der Waals surface area contributed by atoms with Gasteiger partial charge < -0.3 is 9.64 Å². The first-order valence-electron chi connectivity index (χ1n) is 7.73. The topological polar surface area (TPSA) is 24.8 Å². The van der Waals surface area contributed by atoms with E-state index in [0.717, 1.165) is 17.0 Å². The van der Waals surface area contributed by atoms with Gasteiger partial charge in [-0.3, -0.25) is 4.99 Å². The summed E-state index contributed by atoms with van der Waals surface area (Å²) in [5.41, 5.74) is 2.41. The number of anilines is 1. The predicted molar refractivity (Wildman–Crippen MR) is 115 cm³/mol. The Hall–Kier alpha value is -0.840. The van der Waals surface area contributed by atoms with Crippen molar-refractivity contribution in [3.05, 3.63) is 51.0 Å². The highest BCUT2D eigenvalue weighted by Crippen LogP contribution is 2.34. The van der Waals surface area contributed by atoms with Crippen LogP contribution < -0.4 is 9.64 Å². The minimum Gasteiger partial charge on any atom is -0.495 e. The monoisotopic (exact) mass is 452 g/mol. The zero-order valence-corrected chi connectivity index (χ0v) is 17.8. The average molecular weight is 455 g/mol. The molecule has 0 aromatic heterocycles. The highest BCUT2D eigenvalue weighted by Gasteiger charge is 2.12. The van der Waals surface area contributed by atoms with E-state index in [2.05, 4.69) is 9.89 Å². The Morgan fingerprint density at radius 2 is 1.62 bits per heavy atom. The Morgan fingerprint density at radius 1 is 1.00 bits per heavy atom. The Labute approximate surface area is 178 Å². The van der Waals surface area contributed by atoms with Crippen LogP contribution in [0.1, 0.15) is 5.56 Å². The molecule has 0 atom stereocenters. The van der Waals surface area contributed by atoms with Gasteiger partial charge in [-0.1, -0.05) is 40.9 Å². The third-order valence-corrected chi connectivity index (χ3v) is 5.12. The lowest BCUT2D eigenvalue weighted by Crippen LogP contribution is -2.28. The maximum absolute atomic E-state index is 6.03. The molecule has 2 aromatic rings. The number of aliphatic imine (C=N–C) groups is 1. The van der Waals surface area contributed by atoms with Crippen molar-refractivity contribution in [2.24, 2.45) is 4.99 Å². The lowest BCUT2D eigenvalue weighted by Gasteiger charge is -2.25. The molecule has 0 radical (unpaired) electrons. The molecule has 0 unspecified atom stereocenters. The predicted octanol–water partition coefficient (Wildman–Crippen LogP) is 6.69. The van der Waals surface area contributed by atoms with Gasteiger partial charge in [-0.15, -0.1) is 23.2 Å². The van der Waals surface area contributed by atoms with Crippen molar-refractivity contribution in [1.82, 2.24) is 0 Å². The van der Waals surface area contributed by atoms with E-state index in [4.69, 9.17) is 62.7 Å². The summed E-state index contributed by atoms with van der Waals surface area (Å²) in [4.78, 5) is 6.48. The van der Waals surface area contributed by atoms with Gasteiger partial charge in [-0.2, -0.15) is 0 Å². The number of alkyl halides is 2. The van der Waals surface area contributed by atoms with Crippen molar-refractivity contribution in [3.63, 3.8) is 0 Å². The van der Waals surface area contributed by atoms with Crippen LogP contribution in [0, 0.1) is 0 Å². The third-order valence-electron chi connectivity index (χ3n) is 3.58. The Balaban J connectivity index is 2.28. The molecule has 2 rings (SSSR count). The molecule has 0 aliphatic carbocycles. The highest BCUT2D eigenvalue weighted by molar-refractivity contribution is 6.48. The maximum Gasteiger partial charge on any atom is 0.142 e. The molecule has 0 saturated heterocycles. The lowest BCUT2D eigenvalue weighted by molar-refractivity contribution is 0.414. The average Bonchev–Trinajstić information content (AvgIpc) is 2.64. The summed E-state index contributed by atoms with van der Waals surface area (Å²) >= 11 is 29.8. The summed E-state index contributed by atoms with van der Waals surface area (Å²) in [7, 11) is 1.62. The van der Waals surface area contributed by atoms with Gasteiger partial charge in [0.1, 0.15) is 5.75 Å². The van der Waals surface area contributed by atoms with Gasteiger partial charge in [-0.05, 0) is 29.8 Å². The molecule has 2 aromatic carbocycles. The van der Waals surface area contributed by atoms with Crippen LogP contribution in [-0.4, -0.2) is 38.2 Å². The molecule has 0 amide bonds. The Kier molecular flexibility index (Phi) is 8.65. The van der Waals surface area contributed by atoms with Gasteiger partial charge in [0.2, 0.25) is 0 Å². The van der Waals surface area contributed by atoms with Crippen molar-refractivity contribution >= 4 is 75.6 Å². The van der Waals surface area contributed by atoms with Gasteiger partial charge in [0.15, 0.2) is 0 Å². The zero-order chi connectivity index (χ0) is 19.1. The van der Waals surface area contributed by atoms with E-state index in [9.17, 15) is 0 Å². The normalized spacial score (nSPS) is 11.2. The first-order valence-corrected chi connectivity index (χ1v) is 9.94. The summed E-state index contributed by atoms with van der Waals surface area (Å²) < 4.78 is 5.52. The Bertz CT molecular complexity index is 753. The van der Waals surface area contributed by atoms with Crippen LogP contribution >= 0.6 is 58.0 Å². The van der Waals surface area contributed by atoms with E-state index in [1.54, 1.807) is 25.5 Å². The van der Waals surface area contributed by atoms with Crippen LogP contribution in [0.2, 0.25) is 15.1 Å². The summed E-state index contributed by atoms with van der Waals surface area (Å²) in [6.45, 7) is 1.36. The quantitative estimate of drug-likeness (QED) is 0.252. The fraction of sp³-hybridized carbons (Fsp3) is 0.278. The van der Waals surface area contributed by atoms with Crippen molar-refractivity contribution in [2.75, 3.05) is 36.9 Å². The van der Waals surface area contributed by atoms with Crippen molar-refractivity contribution in [1.29, 1.82) is 0 Å². The molecule has 0 aliphatic heterocycles. The molecular weight excluding hydrogens is 437 g/mol. The molecule has 140 valence electrons. The Morgan fingerprint density at radius 3 is 2.15 bits per heavy atom. The van der Waals surface area contributed by atoms with Gasteiger partial charge >= 0.3 is 0 Å². The van der Waals surface area contributed by atoms with E-state index in [0.29, 0.717) is 45.6 Å². The number of nitrogens with zero attached hydrogens (tertiary/aromatic N) is 2. The largest absolute Gasteiger partial charge is 0.495 e. The summed E-state index contributed by atoms with van der Waals surface area (Å²) in [5.74, 6) is 1.72. The second-order valence-corrected chi connectivity index (χ2v) is 7.23. The number of hydrogen-bond acceptors (Lipinski definition) is 3. The van der Waals surface area contributed by atoms with Crippen LogP contribution in [0.4, 0.5) is 11.4 Å². The number of hydrogen-bond donors (Lipinski definition) is 0. The number of ether oxygens (including phenoxy) is 1. The van der Waals surface area contributed by atoms with Crippen molar-refractivity contribution in [2.45, 2.75) is 0 Å². The van der Waals surface area contributed by atoms with Crippen molar-refractivity contribution in [3.8, 4) is 5.75 Å². The number of methoxy groups -OCH3 is 1. The maximum atomic E-state index is 6.03. The van der Waals surface area contributed by atoms with Gasteiger partial charge in [-0.25, -0.2) is 0 Å². The minimum absolute atomic E-state index is 0.317. The van der Waals surface area contributed by atoms with E-state index in [1.807, 2.05) is 18.2 Å². The molecule has 26 heavy (non-hydrogen) atoms. The molecule has 3 nitrogen and oxygen atoms in total. The third kappa shape index (κ3) is 5.58. The summed E-state index contributed by atoms with van der Waals surface area (Å²) in [6.07, 6.45) is 1.70. The van der Waals surface area contributed by atoms with E-state index < -0.39 is 0 Å². The van der Waals surface area contributed by atoms with Crippen LogP contribution in [0.3, 0.4) is 0 Å².